The normalized spacial score (nSPS) is 12.4. The third-order valence-electron chi connectivity index (χ3n) is 4.36. The van der Waals surface area contributed by atoms with Gasteiger partial charge in [-0.15, -0.1) is 0 Å². The quantitative estimate of drug-likeness (QED) is 0.660. The van der Waals surface area contributed by atoms with Crippen LogP contribution >= 0.6 is 11.6 Å². The fourth-order valence-electron chi connectivity index (χ4n) is 2.93. The van der Waals surface area contributed by atoms with Crippen molar-refractivity contribution in [2.24, 2.45) is 0 Å². The second-order valence-corrected chi connectivity index (χ2v) is 6.89. The molecule has 2 amide bonds. The highest BCUT2D eigenvalue weighted by atomic mass is 35.5. The number of carbonyl (C=O) groups excluding carboxylic acids is 2. The highest BCUT2D eigenvalue weighted by molar-refractivity contribution is 6.30. The molecule has 0 atom stereocenters. The Hall–Kier alpha value is -3.51. The Morgan fingerprint density at radius 2 is 1.93 bits per heavy atom. The zero-order chi connectivity index (χ0) is 20.2. The number of halogens is 1. The van der Waals surface area contributed by atoms with Crippen LogP contribution in [0, 0.1) is 0 Å². The van der Waals surface area contributed by atoms with E-state index in [1.807, 2.05) is 6.07 Å². The first-order chi connectivity index (χ1) is 14.1. The molecule has 0 spiro atoms. The van der Waals surface area contributed by atoms with Gasteiger partial charge in [-0.25, -0.2) is 0 Å². The molecule has 2 N–H and O–H groups in total. The van der Waals surface area contributed by atoms with Crippen LogP contribution in [0.2, 0.25) is 5.02 Å². The minimum absolute atomic E-state index is 0.194. The van der Waals surface area contributed by atoms with Crippen LogP contribution in [-0.2, 0) is 11.3 Å². The minimum Gasteiger partial charge on any atom is -0.488 e. The van der Waals surface area contributed by atoms with E-state index in [1.165, 1.54) is 6.26 Å². The molecule has 146 valence electrons. The summed E-state index contributed by atoms with van der Waals surface area (Å²) >= 11 is 6.01. The number of rotatable bonds is 5. The molecule has 2 heterocycles. The van der Waals surface area contributed by atoms with Crippen LogP contribution in [0.3, 0.4) is 0 Å². The van der Waals surface area contributed by atoms with Crippen LogP contribution < -0.4 is 15.4 Å². The van der Waals surface area contributed by atoms with E-state index in [-0.39, 0.29) is 24.2 Å². The SMILES string of the molecule is O=C(NCc1cccc(NC(=O)c2ccco2)c1)C1=Cc2cc(Cl)ccc2OC1. The van der Waals surface area contributed by atoms with E-state index in [9.17, 15) is 9.59 Å². The fraction of sp³-hybridized carbons (Fsp3) is 0.0909. The lowest BCUT2D eigenvalue weighted by Crippen LogP contribution is -2.28. The van der Waals surface area contributed by atoms with Crippen LogP contribution in [0.1, 0.15) is 21.7 Å². The summed E-state index contributed by atoms with van der Waals surface area (Å²) in [5.41, 5.74) is 2.75. The van der Waals surface area contributed by atoms with Gasteiger partial charge in [0, 0.05) is 22.8 Å². The highest BCUT2D eigenvalue weighted by Gasteiger charge is 2.17. The summed E-state index contributed by atoms with van der Waals surface area (Å²) in [6, 6.07) is 15.8. The largest absolute Gasteiger partial charge is 0.488 e. The van der Waals surface area contributed by atoms with Gasteiger partial charge in [-0.1, -0.05) is 23.7 Å². The lowest BCUT2D eigenvalue weighted by molar-refractivity contribution is -0.117. The van der Waals surface area contributed by atoms with Gasteiger partial charge in [-0.2, -0.15) is 0 Å². The summed E-state index contributed by atoms with van der Waals surface area (Å²) in [4.78, 5) is 24.6. The smallest absolute Gasteiger partial charge is 0.291 e. The van der Waals surface area contributed by atoms with Crippen molar-refractivity contribution in [3.8, 4) is 5.75 Å². The van der Waals surface area contributed by atoms with E-state index in [0.717, 1.165) is 11.1 Å². The number of amides is 2. The number of fused-ring (bicyclic) bond motifs is 1. The third-order valence-corrected chi connectivity index (χ3v) is 4.59. The van der Waals surface area contributed by atoms with E-state index in [0.29, 0.717) is 28.6 Å². The maximum Gasteiger partial charge on any atom is 0.291 e. The number of nitrogens with one attached hydrogen (secondary N) is 2. The van der Waals surface area contributed by atoms with Gasteiger partial charge in [0.05, 0.1) is 11.8 Å². The number of benzene rings is 2. The monoisotopic (exact) mass is 408 g/mol. The van der Waals surface area contributed by atoms with Gasteiger partial charge >= 0.3 is 0 Å². The lowest BCUT2D eigenvalue weighted by atomic mass is 10.1. The summed E-state index contributed by atoms with van der Waals surface area (Å²) in [5, 5.41) is 6.22. The van der Waals surface area contributed by atoms with E-state index in [2.05, 4.69) is 10.6 Å². The highest BCUT2D eigenvalue weighted by Crippen LogP contribution is 2.29. The van der Waals surface area contributed by atoms with Crippen LogP contribution in [0.4, 0.5) is 5.69 Å². The van der Waals surface area contributed by atoms with Crippen LogP contribution in [0.25, 0.3) is 6.08 Å². The molecular formula is C22H17ClN2O4. The average molecular weight is 409 g/mol. The maximum absolute atomic E-state index is 12.5. The zero-order valence-electron chi connectivity index (χ0n) is 15.3. The number of hydrogen-bond acceptors (Lipinski definition) is 4. The van der Waals surface area contributed by atoms with Crippen molar-refractivity contribution in [3.05, 3.63) is 88.3 Å². The summed E-state index contributed by atoms with van der Waals surface area (Å²) in [6.07, 6.45) is 3.22. The Morgan fingerprint density at radius 3 is 2.76 bits per heavy atom. The first kappa shape index (κ1) is 18.8. The molecule has 2 aromatic carbocycles. The van der Waals surface area contributed by atoms with Crippen molar-refractivity contribution in [2.75, 3.05) is 11.9 Å². The number of anilines is 1. The van der Waals surface area contributed by atoms with Crippen LogP contribution in [-0.4, -0.2) is 18.4 Å². The first-order valence-corrected chi connectivity index (χ1v) is 9.31. The predicted molar refractivity (Wildman–Crippen MR) is 110 cm³/mol. The zero-order valence-corrected chi connectivity index (χ0v) is 16.0. The molecular weight excluding hydrogens is 392 g/mol. The number of hydrogen-bond donors (Lipinski definition) is 2. The molecule has 0 unspecified atom stereocenters. The lowest BCUT2D eigenvalue weighted by Gasteiger charge is -2.18. The van der Waals surface area contributed by atoms with Gasteiger partial charge in [0.2, 0.25) is 0 Å². The van der Waals surface area contributed by atoms with Gasteiger partial charge in [-0.3, -0.25) is 9.59 Å². The first-order valence-electron chi connectivity index (χ1n) is 8.93. The topological polar surface area (TPSA) is 80.6 Å². The second-order valence-electron chi connectivity index (χ2n) is 6.45. The van der Waals surface area contributed by atoms with Crippen LogP contribution in [0.15, 0.2) is 70.9 Å². The van der Waals surface area contributed by atoms with Gasteiger partial charge in [0.25, 0.3) is 11.8 Å². The van der Waals surface area contributed by atoms with Gasteiger partial charge in [0.1, 0.15) is 12.4 Å². The van der Waals surface area contributed by atoms with E-state index in [1.54, 1.807) is 54.6 Å². The molecule has 0 fully saturated rings. The van der Waals surface area contributed by atoms with Crippen LogP contribution in [0.5, 0.6) is 5.75 Å². The molecule has 1 aliphatic heterocycles. The predicted octanol–water partition coefficient (Wildman–Crippen LogP) is 4.28. The summed E-state index contributed by atoms with van der Waals surface area (Å²) in [5.74, 6) is 0.373. The Kier molecular flexibility index (Phi) is 5.35. The number of furan rings is 1. The molecule has 7 heteroatoms. The minimum atomic E-state index is -0.335. The van der Waals surface area contributed by atoms with E-state index < -0.39 is 0 Å². The molecule has 0 bridgehead atoms. The van der Waals surface area contributed by atoms with E-state index in [4.69, 9.17) is 20.8 Å². The van der Waals surface area contributed by atoms with Crippen molar-refractivity contribution in [2.45, 2.75) is 6.54 Å². The van der Waals surface area contributed by atoms with Gasteiger partial charge in [-0.05, 0) is 54.1 Å². The summed E-state index contributed by atoms with van der Waals surface area (Å²) < 4.78 is 10.7. The average Bonchev–Trinajstić information content (AvgIpc) is 3.27. The van der Waals surface area contributed by atoms with Crippen molar-refractivity contribution in [1.82, 2.24) is 5.32 Å². The fourth-order valence-corrected chi connectivity index (χ4v) is 3.12. The third kappa shape index (κ3) is 4.50. The Labute approximate surface area is 172 Å². The van der Waals surface area contributed by atoms with Crippen molar-refractivity contribution in [1.29, 1.82) is 0 Å². The molecule has 29 heavy (non-hydrogen) atoms. The van der Waals surface area contributed by atoms with Gasteiger partial charge in [0.15, 0.2) is 5.76 Å². The Bertz CT molecular complexity index is 1090. The van der Waals surface area contributed by atoms with Crippen molar-refractivity contribution in [3.63, 3.8) is 0 Å². The van der Waals surface area contributed by atoms with E-state index >= 15 is 0 Å². The standard InChI is InChI=1S/C22H17ClN2O4/c23-17-6-7-19-15(11-17)10-16(13-29-19)21(26)24-12-14-3-1-4-18(9-14)25-22(27)20-5-2-8-28-20/h1-11H,12-13H2,(H,24,26)(H,25,27). The Morgan fingerprint density at radius 1 is 1.03 bits per heavy atom. The molecule has 0 aliphatic carbocycles. The molecule has 6 nitrogen and oxygen atoms in total. The maximum atomic E-state index is 12.5. The van der Waals surface area contributed by atoms with Crippen molar-refractivity contribution < 1.29 is 18.7 Å². The molecule has 0 saturated carbocycles. The molecule has 3 aromatic rings. The summed E-state index contributed by atoms with van der Waals surface area (Å²) in [7, 11) is 0. The number of ether oxygens (including phenoxy) is 1. The second kappa shape index (κ2) is 8.24. The van der Waals surface area contributed by atoms with Crippen molar-refractivity contribution >= 4 is 35.2 Å². The molecule has 0 saturated heterocycles. The number of carbonyl (C=O) groups is 2. The molecule has 4 rings (SSSR count). The van der Waals surface area contributed by atoms with Gasteiger partial charge < -0.3 is 19.8 Å². The molecule has 0 radical (unpaired) electrons. The Balaban J connectivity index is 1.39. The summed E-state index contributed by atoms with van der Waals surface area (Å²) in [6.45, 7) is 0.503. The molecule has 1 aromatic heterocycles. The molecule has 1 aliphatic rings.